The third-order valence-electron chi connectivity index (χ3n) is 1.60. The number of hydrogen-bond acceptors (Lipinski definition) is 2. The minimum atomic E-state index is 0.198. The van der Waals surface area contributed by atoms with Crippen molar-refractivity contribution in [1.82, 2.24) is 0 Å². The predicted octanol–water partition coefficient (Wildman–Crippen LogP) is 2.79. The molecule has 0 spiro atoms. The van der Waals surface area contributed by atoms with E-state index in [1.54, 1.807) is 14.2 Å². The van der Waals surface area contributed by atoms with Gasteiger partial charge in [-0.1, -0.05) is 49.6 Å². The monoisotopic (exact) mass is 220 g/mol. The standard InChI is InChI=1S/C10H10.C2H6O2Si/c1-3-9-7-5-6-8-10(9)4-2;1-3-5-4-2/h3-8H,1-2H2;1-2H3. The Morgan fingerprint density at radius 2 is 1.40 bits per heavy atom. The van der Waals surface area contributed by atoms with Crippen LogP contribution in [0.25, 0.3) is 12.2 Å². The van der Waals surface area contributed by atoms with Crippen LogP contribution in [0.3, 0.4) is 0 Å². The zero-order chi connectivity index (χ0) is 11.5. The van der Waals surface area contributed by atoms with Gasteiger partial charge < -0.3 is 8.85 Å². The molecule has 2 nitrogen and oxygen atoms in total. The SMILES string of the molecule is C=Cc1ccccc1C=C.CO[Si]OC. The Morgan fingerprint density at radius 3 is 1.60 bits per heavy atom. The van der Waals surface area contributed by atoms with Gasteiger partial charge in [0, 0.05) is 14.2 Å². The van der Waals surface area contributed by atoms with E-state index in [1.165, 1.54) is 0 Å². The molecule has 3 heteroatoms. The average molecular weight is 220 g/mol. The van der Waals surface area contributed by atoms with Crippen molar-refractivity contribution in [2.45, 2.75) is 0 Å². The van der Waals surface area contributed by atoms with Crippen molar-refractivity contribution >= 4 is 22.2 Å². The van der Waals surface area contributed by atoms with Gasteiger partial charge in [0.05, 0.1) is 0 Å². The Hall–Kier alpha value is -1.16. The minimum Gasteiger partial charge on any atom is -0.396 e. The fourth-order valence-electron chi connectivity index (χ4n) is 0.966. The summed E-state index contributed by atoms with van der Waals surface area (Å²) in [4.78, 5) is 0. The Labute approximate surface area is 94.3 Å². The number of hydrogen-bond donors (Lipinski definition) is 0. The van der Waals surface area contributed by atoms with Gasteiger partial charge in [-0.3, -0.25) is 0 Å². The number of benzene rings is 1. The van der Waals surface area contributed by atoms with E-state index < -0.39 is 0 Å². The van der Waals surface area contributed by atoms with Gasteiger partial charge in [-0.25, -0.2) is 0 Å². The van der Waals surface area contributed by atoms with Gasteiger partial charge in [0.25, 0.3) is 0 Å². The van der Waals surface area contributed by atoms with Gasteiger partial charge in [-0.2, -0.15) is 0 Å². The third-order valence-corrected chi connectivity index (χ3v) is 1.94. The maximum Gasteiger partial charge on any atom is 0.432 e. The van der Waals surface area contributed by atoms with Crippen LogP contribution < -0.4 is 0 Å². The van der Waals surface area contributed by atoms with E-state index in [2.05, 4.69) is 22.0 Å². The minimum absolute atomic E-state index is 0.198. The molecule has 0 saturated carbocycles. The van der Waals surface area contributed by atoms with Crippen molar-refractivity contribution in [3.05, 3.63) is 48.6 Å². The van der Waals surface area contributed by atoms with E-state index in [1.807, 2.05) is 36.4 Å². The topological polar surface area (TPSA) is 18.5 Å². The van der Waals surface area contributed by atoms with Crippen molar-refractivity contribution in [1.29, 1.82) is 0 Å². The highest BCUT2D eigenvalue weighted by atomic mass is 28.3. The first-order valence-electron chi connectivity index (χ1n) is 4.45. The van der Waals surface area contributed by atoms with Gasteiger partial charge >= 0.3 is 10.0 Å². The summed E-state index contributed by atoms with van der Waals surface area (Å²) >= 11 is 0. The fourth-order valence-corrected chi connectivity index (χ4v) is 1.13. The lowest BCUT2D eigenvalue weighted by Gasteiger charge is -1.96. The molecule has 1 aromatic rings. The van der Waals surface area contributed by atoms with Crippen molar-refractivity contribution in [2.24, 2.45) is 0 Å². The summed E-state index contributed by atoms with van der Waals surface area (Å²) in [5.41, 5.74) is 2.27. The fraction of sp³-hybridized carbons (Fsp3) is 0.167. The van der Waals surface area contributed by atoms with Crippen molar-refractivity contribution in [2.75, 3.05) is 14.2 Å². The quantitative estimate of drug-likeness (QED) is 0.726. The highest BCUT2D eigenvalue weighted by Gasteiger charge is 1.89. The van der Waals surface area contributed by atoms with Gasteiger partial charge in [0.15, 0.2) is 0 Å². The van der Waals surface area contributed by atoms with Crippen LogP contribution in [0.5, 0.6) is 0 Å². The summed E-state index contributed by atoms with van der Waals surface area (Å²) < 4.78 is 8.99. The van der Waals surface area contributed by atoms with Crippen LogP contribution in [0.15, 0.2) is 37.4 Å². The summed E-state index contributed by atoms with van der Waals surface area (Å²) in [7, 11) is 3.40. The smallest absolute Gasteiger partial charge is 0.396 e. The molecule has 0 aliphatic carbocycles. The third kappa shape index (κ3) is 6.01. The normalized spacial score (nSPS) is 8.67. The van der Waals surface area contributed by atoms with Gasteiger partial charge in [-0.05, 0) is 11.1 Å². The number of rotatable bonds is 4. The first kappa shape index (κ1) is 13.8. The molecule has 0 amide bonds. The molecule has 15 heavy (non-hydrogen) atoms. The van der Waals surface area contributed by atoms with Crippen LogP contribution in [0.1, 0.15) is 11.1 Å². The van der Waals surface area contributed by atoms with Crippen molar-refractivity contribution < 1.29 is 8.85 Å². The summed E-state index contributed by atoms with van der Waals surface area (Å²) in [5, 5.41) is 0. The van der Waals surface area contributed by atoms with Crippen LogP contribution in [0, 0.1) is 0 Å². The molecule has 0 unspecified atom stereocenters. The summed E-state index contributed by atoms with van der Waals surface area (Å²) in [5.74, 6) is 0. The molecule has 0 aromatic heterocycles. The molecule has 0 saturated heterocycles. The van der Waals surface area contributed by atoms with E-state index in [-0.39, 0.29) is 10.0 Å². The lowest BCUT2D eigenvalue weighted by molar-refractivity contribution is 0.309. The Balaban J connectivity index is 0.000000336. The summed E-state index contributed by atoms with van der Waals surface area (Å²) in [6, 6.07) is 8.02. The van der Waals surface area contributed by atoms with E-state index in [0.717, 1.165) is 11.1 Å². The van der Waals surface area contributed by atoms with Gasteiger partial charge in [0.2, 0.25) is 0 Å². The zero-order valence-corrected chi connectivity index (χ0v) is 10.2. The molecule has 0 fully saturated rings. The molecule has 0 atom stereocenters. The second-order valence-corrected chi connectivity index (χ2v) is 3.51. The van der Waals surface area contributed by atoms with E-state index in [9.17, 15) is 0 Å². The van der Waals surface area contributed by atoms with Gasteiger partial charge in [-0.15, -0.1) is 0 Å². The van der Waals surface area contributed by atoms with Crippen molar-refractivity contribution in [3.63, 3.8) is 0 Å². The molecule has 1 aromatic carbocycles. The van der Waals surface area contributed by atoms with Crippen LogP contribution in [-0.4, -0.2) is 24.2 Å². The summed E-state index contributed by atoms with van der Waals surface area (Å²) in [6.45, 7) is 7.38. The molecule has 1 rings (SSSR count). The highest BCUT2D eigenvalue weighted by Crippen LogP contribution is 2.10. The predicted molar refractivity (Wildman–Crippen MR) is 66.4 cm³/mol. The van der Waals surface area contributed by atoms with Crippen LogP contribution >= 0.6 is 0 Å². The summed E-state index contributed by atoms with van der Waals surface area (Å²) in [6.07, 6.45) is 3.66. The molecule has 0 heterocycles. The molecule has 0 aliphatic rings. The Kier molecular flexibility index (Phi) is 8.67. The second kappa shape index (κ2) is 9.39. The maximum absolute atomic E-state index is 4.50. The molecule has 0 bridgehead atoms. The molecular weight excluding hydrogens is 204 g/mol. The Morgan fingerprint density at radius 1 is 1.00 bits per heavy atom. The largest absolute Gasteiger partial charge is 0.432 e. The molecular formula is C12H16O2Si. The zero-order valence-electron chi connectivity index (χ0n) is 9.19. The van der Waals surface area contributed by atoms with Gasteiger partial charge in [0.1, 0.15) is 0 Å². The Bertz CT molecular complexity index is 268. The molecule has 2 radical (unpaired) electrons. The lowest BCUT2D eigenvalue weighted by Crippen LogP contribution is -1.93. The first-order valence-corrected chi connectivity index (χ1v) is 5.26. The van der Waals surface area contributed by atoms with Crippen LogP contribution in [0.2, 0.25) is 0 Å². The highest BCUT2D eigenvalue weighted by molar-refractivity contribution is 6.17. The van der Waals surface area contributed by atoms with Crippen LogP contribution in [0.4, 0.5) is 0 Å². The molecule has 0 aliphatic heterocycles. The molecule has 0 N–H and O–H groups in total. The maximum atomic E-state index is 4.50. The lowest BCUT2D eigenvalue weighted by atomic mass is 10.1. The molecule has 80 valence electrons. The van der Waals surface area contributed by atoms with E-state index >= 15 is 0 Å². The van der Waals surface area contributed by atoms with E-state index in [4.69, 9.17) is 0 Å². The van der Waals surface area contributed by atoms with Crippen molar-refractivity contribution in [3.8, 4) is 0 Å². The first-order chi connectivity index (χ1) is 7.29. The van der Waals surface area contributed by atoms with Crippen LogP contribution in [-0.2, 0) is 8.85 Å². The van der Waals surface area contributed by atoms with E-state index in [0.29, 0.717) is 0 Å². The average Bonchev–Trinajstić information content (AvgIpc) is 2.31. The second-order valence-electron chi connectivity index (χ2n) is 2.53.